The van der Waals surface area contributed by atoms with Gasteiger partial charge in [-0.15, -0.1) is 10.2 Å². The van der Waals surface area contributed by atoms with Crippen molar-refractivity contribution in [2.24, 2.45) is 7.05 Å². The molecule has 0 atom stereocenters. The summed E-state index contributed by atoms with van der Waals surface area (Å²) < 4.78 is 17.8. The largest absolute Gasteiger partial charge is 0.493 e. The molecule has 0 aliphatic carbocycles. The Hall–Kier alpha value is -3.55. The van der Waals surface area contributed by atoms with Gasteiger partial charge in [0.1, 0.15) is 6.33 Å². The molecule has 0 fully saturated rings. The van der Waals surface area contributed by atoms with Crippen LogP contribution in [0.5, 0.6) is 17.2 Å². The molecule has 0 unspecified atom stereocenters. The first-order chi connectivity index (χ1) is 13.5. The summed E-state index contributed by atoms with van der Waals surface area (Å²) in [7, 11) is 6.40. The molecular formula is C20H22N4O4. The van der Waals surface area contributed by atoms with Crippen molar-refractivity contribution in [1.29, 1.82) is 0 Å². The molecule has 8 nitrogen and oxygen atoms in total. The first-order valence-electron chi connectivity index (χ1n) is 8.55. The van der Waals surface area contributed by atoms with Crippen molar-refractivity contribution < 1.29 is 19.0 Å². The Kier molecular flexibility index (Phi) is 5.49. The molecule has 0 saturated carbocycles. The normalized spacial score (nSPS) is 10.5. The lowest BCUT2D eigenvalue weighted by Gasteiger charge is -2.15. The van der Waals surface area contributed by atoms with Crippen molar-refractivity contribution in [1.82, 2.24) is 14.8 Å². The highest BCUT2D eigenvalue weighted by molar-refractivity contribution is 6.05. The molecule has 0 saturated heterocycles. The first kappa shape index (κ1) is 19.2. The van der Waals surface area contributed by atoms with E-state index in [9.17, 15) is 4.79 Å². The fraction of sp³-hybridized carbons (Fsp3) is 0.250. The van der Waals surface area contributed by atoms with Crippen LogP contribution in [0.15, 0.2) is 36.7 Å². The van der Waals surface area contributed by atoms with Gasteiger partial charge < -0.3 is 24.1 Å². The van der Waals surface area contributed by atoms with Gasteiger partial charge in [-0.2, -0.15) is 0 Å². The Bertz CT molecular complexity index is 988. The van der Waals surface area contributed by atoms with Crippen LogP contribution in [0.3, 0.4) is 0 Å². The molecule has 0 radical (unpaired) electrons. The van der Waals surface area contributed by atoms with Crippen molar-refractivity contribution in [2.45, 2.75) is 6.92 Å². The van der Waals surface area contributed by atoms with Crippen LogP contribution in [-0.4, -0.2) is 42.0 Å². The number of amides is 1. The molecule has 1 heterocycles. The summed E-state index contributed by atoms with van der Waals surface area (Å²) in [6.07, 6.45) is 1.63. The van der Waals surface area contributed by atoms with Crippen LogP contribution in [0.2, 0.25) is 0 Å². The fourth-order valence-electron chi connectivity index (χ4n) is 2.95. The van der Waals surface area contributed by atoms with E-state index in [1.807, 2.05) is 36.7 Å². The maximum absolute atomic E-state index is 12.9. The van der Waals surface area contributed by atoms with Gasteiger partial charge in [0.05, 0.1) is 21.3 Å². The average Bonchev–Trinajstić information content (AvgIpc) is 3.13. The van der Waals surface area contributed by atoms with Gasteiger partial charge in [0.25, 0.3) is 5.91 Å². The highest BCUT2D eigenvalue weighted by Gasteiger charge is 2.18. The standard InChI is InChI=1S/C20H22N4O4/c1-12-14(19-23-21-11-24(19)2)7-6-8-15(12)22-20(25)13-9-16(26-3)18(28-5)17(10-13)27-4/h6-11H,1-5H3,(H,22,25). The SMILES string of the molecule is COc1cc(C(=O)Nc2cccc(-c3nncn3C)c2C)cc(OC)c1OC. The van der Waals surface area contributed by atoms with E-state index in [1.165, 1.54) is 21.3 Å². The number of rotatable bonds is 6. The number of carbonyl (C=O) groups is 1. The molecule has 2 aromatic carbocycles. The van der Waals surface area contributed by atoms with Crippen LogP contribution >= 0.6 is 0 Å². The Labute approximate surface area is 163 Å². The van der Waals surface area contributed by atoms with Crippen molar-refractivity contribution in [3.63, 3.8) is 0 Å². The van der Waals surface area contributed by atoms with Crippen molar-refractivity contribution >= 4 is 11.6 Å². The minimum Gasteiger partial charge on any atom is -0.493 e. The van der Waals surface area contributed by atoms with Gasteiger partial charge in [-0.3, -0.25) is 4.79 Å². The second-order valence-electron chi connectivity index (χ2n) is 6.11. The zero-order valence-corrected chi connectivity index (χ0v) is 16.4. The highest BCUT2D eigenvalue weighted by atomic mass is 16.5. The van der Waals surface area contributed by atoms with Crippen molar-refractivity contribution in [3.8, 4) is 28.6 Å². The summed E-state index contributed by atoms with van der Waals surface area (Å²) in [6, 6.07) is 8.86. The monoisotopic (exact) mass is 382 g/mol. The zero-order chi connectivity index (χ0) is 20.3. The Morgan fingerprint density at radius 2 is 1.75 bits per heavy atom. The number of nitrogens with one attached hydrogen (secondary N) is 1. The van der Waals surface area contributed by atoms with Gasteiger partial charge in [0.15, 0.2) is 17.3 Å². The number of aromatic nitrogens is 3. The average molecular weight is 382 g/mol. The van der Waals surface area contributed by atoms with Gasteiger partial charge in [-0.05, 0) is 30.7 Å². The van der Waals surface area contributed by atoms with Gasteiger partial charge in [-0.1, -0.05) is 12.1 Å². The summed E-state index contributed by atoms with van der Waals surface area (Å²) in [6.45, 7) is 1.93. The van der Waals surface area contributed by atoms with E-state index in [0.717, 1.165) is 17.0 Å². The second kappa shape index (κ2) is 7.99. The molecule has 1 amide bonds. The Morgan fingerprint density at radius 3 is 2.29 bits per heavy atom. The van der Waals surface area contributed by atoms with E-state index in [4.69, 9.17) is 14.2 Å². The molecule has 1 aromatic heterocycles. The molecule has 3 rings (SSSR count). The molecule has 3 aromatic rings. The summed E-state index contributed by atoms with van der Waals surface area (Å²) in [5.41, 5.74) is 2.85. The first-order valence-corrected chi connectivity index (χ1v) is 8.55. The summed E-state index contributed by atoms with van der Waals surface area (Å²) in [5.74, 6) is 1.69. The smallest absolute Gasteiger partial charge is 0.255 e. The molecule has 0 spiro atoms. The third-order valence-electron chi connectivity index (χ3n) is 4.46. The van der Waals surface area contributed by atoms with E-state index in [1.54, 1.807) is 18.5 Å². The number of aryl methyl sites for hydroxylation is 1. The quantitative estimate of drug-likeness (QED) is 0.705. The van der Waals surface area contributed by atoms with E-state index >= 15 is 0 Å². The topological polar surface area (TPSA) is 87.5 Å². The number of anilines is 1. The third kappa shape index (κ3) is 3.48. The Balaban J connectivity index is 1.95. The molecular weight excluding hydrogens is 360 g/mol. The summed E-state index contributed by atoms with van der Waals surface area (Å²) >= 11 is 0. The maximum Gasteiger partial charge on any atom is 0.255 e. The van der Waals surface area contributed by atoms with Crippen LogP contribution in [-0.2, 0) is 7.05 Å². The zero-order valence-electron chi connectivity index (χ0n) is 16.4. The van der Waals surface area contributed by atoms with E-state index in [2.05, 4.69) is 15.5 Å². The lowest BCUT2D eigenvalue weighted by atomic mass is 10.1. The highest BCUT2D eigenvalue weighted by Crippen LogP contribution is 2.38. The molecule has 28 heavy (non-hydrogen) atoms. The predicted molar refractivity (Wildman–Crippen MR) is 105 cm³/mol. The fourth-order valence-corrected chi connectivity index (χ4v) is 2.95. The van der Waals surface area contributed by atoms with E-state index in [-0.39, 0.29) is 5.91 Å². The second-order valence-corrected chi connectivity index (χ2v) is 6.11. The van der Waals surface area contributed by atoms with Gasteiger partial charge in [0, 0.05) is 23.9 Å². The van der Waals surface area contributed by atoms with Gasteiger partial charge in [0.2, 0.25) is 5.75 Å². The van der Waals surface area contributed by atoms with E-state index < -0.39 is 0 Å². The van der Waals surface area contributed by atoms with Crippen LogP contribution < -0.4 is 19.5 Å². The Morgan fingerprint density at radius 1 is 1.07 bits per heavy atom. The number of hydrogen-bond donors (Lipinski definition) is 1. The van der Waals surface area contributed by atoms with E-state index in [0.29, 0.717) is 28.5 Å². The molecule has 8 heteroatoms. The lowest BCUT2D eigenvalue weighted by Crippen LogP contribution is -2.14. The van der Waals surface area contributed by atoms with Crippen molar-refractivity contribution in [3.05, 3.63) is 47.8 Å². The summed E-state index contributed by atoms with van der Waals surface area (Å²) in [5, 5.41) is 11.0. The van der Waals surface area contributed by atoms with Crippen LogP contribution in [0, 0.1) is 6.92 Å². The number of benzene rings is 2. The molecule has 146 valence electrons. The van der Waals surface area contributed by atoms with Gasteiger partial charge in [-0.25, -0.2) is 0 Å². The van der Waals surface area contributed by atoms with Crippen molar-refractivity contribution in [2.75, 3.05) is 26.6 Å². The lowest BCUT2D eigenvalue weighted by molar-refractivity contribution is 0.102. The molecule has 1 N–H and O–H groups in total. The maximum atomic E-state index is 12.9. The number of ether oxygens (including phenoxy) is 3. The van der Waals surface area contributed by atoms with Crippen LogP contribution in [0.4, 0.5) is 5.69 Å². The molecule has 0 aliphatic rings. The molecule has 0 bridgehead atoms. The van der Waals surface area contributed by atoms with Crippen LogP contribution in [0.25, 0.3) is 11.4 Å². The minimum atomic E-state index is -0.294. The summed E-state index contributed by atoms with van der Waals surface area (Å²) in [4.78, 5) is 12.9. The third-order valence-corrected chi connectivity index (χ3v) is 4.46. The number of hydrogen-bond acceptors (Lipinski definition) is 6. The van der Waals surface area contributed by atoms with Crippen LogP contribution in [0.1, 0.15) is 15.9 Å². The minimum absolute atomic E-state index is 0.294. The number of methoxy groups -OCH3 is 3. The molecule has 0 aliphatic heterocycles. The van der Waals surface area contributed by atoms with Gasteiger partial charge >= 0.3 is 0 Å². The number of nitrogens with zero attached hydrogens (tertiary/aromatic N) is 3. The number of carbonyl (C=O) groups excluding carboxylic acids is 1. The predicted octanol–water partition coefficient (Wildman–Crippen LogP) is 3.07.